The van der Waals surface area contributed by atoms with Crippen LogP contribution in [0.5, 0.6) is 5.75 Å². The maximum absolute atomic E-state index is 12.2. The molecule has 2 aromatic carbocycles. The number of amides is 1. The van der Waals surface area contributed by atoms with Crippen molar-refractivity contribution in [2.45, 2.75) is 19.6 Å². The third-order valence-corrected chi connectivity index (χ3v) is 4.37. The van der Waals surface area contributed by atoms with Gasteiger partial charge in [-0.05, 0) is 36.8 Å². The summed E-state index contributed by atoms with van der Waals surface area (Å²) in [5.41, 5.74) is 1.92. The molecule has 1 fully saturated rings. The molecule has 0 spiro atoms. The fourth-order valence-electron chi connectivity index (χ4n) is 2.88. The summed E-state index contributed by atoms with van der Waals surface area (Å²) in [6.45, 7) is 5.87. The van der Waals surface area contributed by atoms with E-state index in [1.54, 1.807) is 0 Å². The summed E-state index contributed by atoms with van der Waals surface area (Å²) in [5.74, 6) is 0.810. The summed E-state index contributed by atoms with van der Waals surface area (Å²) >= 11 is 0. The van der Waals surface area contributed by atoms with Crippen molar-refractivity contribution >= 4 is 24.0 Å². The minimum atomic E-state index is 0. The lowest BCUT2D eigenvalue weighted by molar-refractivity contribution is -0.118. The molecular formula is C20H26ClN3O2. The zero-order valence-electron chi connectivity index (χ0n) is 15.0. The van der Waals surface area contributed by atoms with Crippen LogP contribution in [-0.4, -0.2) is 43.0 Å². The fraction of sp³-hybridized carbons (Fsp3) is 0.350. The molecule has 2 N–H and O–H groups in total. The van der Waals surface area contributed by atoms with Gasteiger partial charge >= 0.3 is 0 Å². The number of nitrogens with zero attached hydrogens (tertiary/aromatic N) is 1. The first-order valence-electron chi connectivity index (χ1n) is 8.72. The molecule has 0 bridgehead atoms. The number of carbonyl (C=O) groups is 1. The van der Waals surface area contributed by atoms with Crippen LogP contribution in [0.3, 0.4) is 0 Å². The normalized spacial score (nSPS) is 17.2. The fourth-order valence-corrected chi connectivity index (χ4v) is 2.88. The predicted octanol–water partition coefficient (Wildman–Crippen LogP) is 2.92. The maximum atomic E-state index is 12.2. The lowest BCUT2D eigenvalue weighted by atomic mass is 10.2. The second-order valence-electron chi connectivity index (χ2n) is 6.37. The molecule has 1 aliphatic rings. The van der Waals surface area contributed by atoms with Gasteiger partial charge in [0.2, 0.25) is 5.91 Å². The zero-order valence-corrected chi connectivity index (χ0v) is 15.8. The molecule has 1 amide bonds. The highest BCUT2D eigenvalue weighted by molar-refractivity contribution is 5.92. The summed E-state index contributed by atoms with van der Waals surface area (Å²) in [7, 11) is 0. The number of hydrogen-bond acceptors (Lipinski definition) is 4. The Morgan fingerprint density at radius 3 is 2.62 bits per heavy atom. The number of piperazine rings is 1. The molecule has 1 heterocycles. The molecular weight excluding hydrogens is 350 g/mol. The molecule has 5 nitrogen and oxygen atoms in total. The van der Waals surface area contributed by atoms with Crippen molar-refractivity contribution in [1.29, 1.82) is 0 Å². The molecule has 0 aromatic heterocycles. The van der Waals surface area contributed by atoms with Gasteiger partial charge in [-0.25, -0.2) is 0 Å². The van der Waals surface area contributed by atoms with Gasteiger partial charge < -0.3 is 15.4 Å². The van der Waals surface area contributed by atoms with E-state index in [0.29, 0.717) is 19.2 Å². The van der Waals surface area contributed by atoms with Gasteiger partial charge in [0.25, 0.3) is 0 Å². The summed E-state index contributed by atoms with van der Waals surface area (Å²) in [6.07, 6.45) is 0. The van der Waals surface area contributed by atoms with Gasteiger partial charge in [0, 0.05) is 31.4 Å². The summed E-state index contributed by atoms with van der Waals surface area (Å²) in [5, 5.41) is 6.28. The Morgan fingerprint density at radius 1 is 1.19 bits per heavy atom. The molecule has 0 unspecified atom stereocenters. The Bertz CT molecular complexity index is 679. The zero-order chi connectivity index (χ0) is 17.5. The number of nitrogens with one attached hydrogen (secondary N) is 2. The number of hydrogen-bond donors (Lipinski definition) is 2. The number of carbonyl (C=O) groups excluding carboxylic acids is 1. The smallest absolute Gasteiger partial charge is 0.238 e. The van der Waals surface area contributed by atoms with Crippen molar-refractivity contribution < 1.29 is 9.53 Å². The van der Waals surface area contributed by atoms with Crippen LogP contribution in [0.1, 0.15) is 12.5 Å². The number of benzene rings is 2. The first kappa shape index (κ1) is 20.2. The molecule has 0 radical (unpaired) electrons. The molecule has 1 aliphatic heterocycles. The SMILES string of the molecule is C[C@@H]1CNCCN1CC(=O)Nc1ccc(OCc2ccccc2)cc1.Cl. The number of ether oxygens (including phenoxy) is 1. The highest BCUT2D eigenvalue weighted by Crippen LogP contribution is 2.17. The van der Waals surface area contributed by atoms with E-state index in [1.165, 1.54) is 0 Å². The lowest BCUT2D eigenvalue weighted by Crippen LogP contribution is -2.51. The monoisotopic (exact) mass is 375 g/mol. The van der Waals surface area contributed by atoms with Crippen LogP contribution >= 0.6 is 12.4 Å². The summed E-state index contributed by atoms with van der Waals surface area (Å²) < 4.78 is 5.76. The van der Waals surface area contributed by atoms with Crippen molar-refractivity contribution in [3.63, 3.8) is 0 Å². The number of halogens is 1. The molecule has 1 saturated heterocycles. The van der Waals surface area contributed by atoms with Gasteiger partial charge in [-0.3, -0.25) is 9.69 Å². The third-order valence-electron chi connectivity index (χ3n) is 4.37. The van der Waals surface area contributed by atoms with E-state index in [1.807, 2.05) is 54.6 Å². The Morgan fingerprint density at radius 2 is 1.92 bits per heavy atom. The van der Waals surface area contributed by atoms with Gasteiger partial charge in [-0.1, -0.05) is 30.3 Å². The van der Waals surface area contributed by atoms with E-state index in [-0.39, 0.29) is 18.3 Å². The quantitative estimate of drug-likeness (QED) is 0.815. The van der Waals surface area contributed by atoms with Gasteiger partial charge in [0.15, 0.2) is 0 Å². The topological polar surface area (TPSA) is 53.6 Å². The summed E-state index contributed by atoms with van der Waals surface area (Å²) in [4.78, 5) is 14.4. The van der Waals surface area contributed by atoms with Crippen molar-refractivity contribution in [2.75, 3.05) is 31.5 Å². The third kappa shape index (κ3) is 6.02. The van der Waals surface area contributed by atoms with Gasteiger partial charge in [-0.15, -0.1) is 12.4 Å². The van der Waals surface area contributed by atoms with Crippen LogP contribution in [0.15, 0.2) is 54.6 Å². The summed E-state index contributed by atoms with van der Waals surface area (Å²) in [6, 6.07) is 17.9. The predicted molar refractivity (Wildman–Crippen MR) is 107 cm³/mol. The van der Waals surface area contributed by atoms with Crippen molar-refractivity contribution in [3.05, 3.63) is 60.2 Å². The van der Waals surface area contributed by atoms with E-state index in [2.05, 4.69) is 22.5 Å². The van der Waals surface area contributed by atoms with Gasteiger partial charge in [0.05, 0.1) is 6.54 Å². The second kappa shape index (κ2) is 10.2. The van der Waals surface area contributed by atoms with E-state index in [4.69, 9.17) is 4.74 Å². The molecule has 3 rings (SSSR count). The van der Waals surface area contributed by atoms with E-state index < -0.39 is 0 Å². The van der Waals surface area contributed by atoms with Crippen LogP contribution in [0, 0.1) is 0 Å². The standard InChI is InChI=1S/C20H25N3O2.ClH/c1-16-13-21-11-12-23(16)14-20(24)22-18-7-9-19(10-8-18)25-15-17-5-3-2-4-6-17;/h2-10,16,21H,11-15H2,1H3,(H,22,24);1H/t16-;/m1./s1. The number of anilines is 1. The average Bonchev–Trinajstić information content (AvgIpc) is 2.64. The van der Waals surface area contributed by atoms with Crippen molar-refractivity contribution in [1.82, 2.24) is 10.2 Å². The van der Waals surface area contributed by atoms with Crippen LogP contribution in [0.4, 0.5) is 5.69 Å². The minimum Gasteiger partial charge on any atom is -0.489 e. The van der Waals surface area contributed by atoms with Crippen LogP contribution in [-0.2, 0) is 11.4 Å². The van der Waals surface area contributed by atoms with E-state index in [0.717, 1.165) is 36.6 Å². The van der Waals surface area contributed by atoms with E-state index >= 15 is 0 Å². The molecule has 1 atom stereocenters. The van der Waals surface area contributed by atoms with Crippen molar-refractivity contribution in [2.24, 2.45) is 0 Å². The lowest BCUT2D eigenvalue weighted by Gasteiger charge is -2.33. The highest BCUT2D eigenvalue weighted by atomic mass is 35.5. The van der Waals surface area contributed by atoms with Gasteiger partial charge in [-0.2, -0.15) is 0 Å². The maximum Gasteiger partial charge on any atom is 0.238 e. The number of rotatable bonds is 6. The Hall–Kier alpha value is -2.08. The average molecular weight is 376 g/mol. The largest absolute Gasteiger partial charge is 0.489 e. The minimum absolute atomic E-state index is 0. The molecule has 2 aromatic rings. The Balaban J connectivity index is 0.00000243. The van der Waals surface area contributed by atoms with Gasteiger partial charge in [0.1, 0.15) is 12.4 Å². The van der Waals surface area contributed by atoms with Crippen molar-refractivity contribution in [3.8, 4) is 5.75 Å². The molecule has 0 aliphatic carbocycles. The van der Waals surface area contributed by atoms with Crippen LogP contribution < -0.4 is 15.4 Å². The first-order chi connectivity index (χ1) is 12.2. The highest BCUT2D eigenvalue weighted by Gasteiger charge is 2.20. The van der Waals surface area contributed by atoms with Crippen LogP contribution in [0.25, 0.3) is 0 Å². The Kier molecular flexibility index (Phi) is 7.91. The Labute approximate surface area is 161 Å². The molecule has 0 saturated carbocycles. The molecule has 6 heteroatoms. The van der Waals surface area contributed by atoms with Crippen LogP contribution in [0.2, 0.25) is 0 Å². The second-order valence-corrected chi connectivity index (χ2v) is 6.37. The molecule has 140 valence electrons. The molecule has 26 heavy (non-hydrogen) atoms. The van der Waals surface area contributed by atoms with E-state index in [9.17, 15) is 4.79 Å². The first-order valence-corrected chi connectivity index (χ1v) is 8.72.